The zero-order valence-corrected chi connectivity index (χ0v) is 26.1. The maximum atomic E-state index is 14.2. The zero-order chi connectivity index (χ0) is 32.7. The molecule has 2 aromatic heterocycles. The lowest BCUT2D eigenvalue weighted by molar-refractivity contribution is -0.390. The molecule has 2 heterocycles. The number of hydrogen-bond acceptors (Lipinski definition) is 9. The number of carbonyl (C=O) groups excluding carboxylic acids is 2. The standard InChI is InChI=1S/C32H30ClN5O8/c1-37-15-34-31(38(41)42)24(37)14-46-32(40)36-22-12-20-21(9-17(13-33)26(20)19-8-6-5-7-18(19)22)28(39)23-10-16-11-25(43-2)29(44-3)30(45-4)27(16)35-23/h5-8,10-12,15,17,21,35H,9,13-14H2,1-4H3,(H,36,40). The molecule has 0 saturated heterocycles. The molecule has 0 radical (unpaired) electrons. The predicted molar refractivity (Wildman–Crippen MR) is 171 cm³/mol. The summed E-state index contributed by atoms with van der Waals surface area (Å²) in [6.07, 6.45) is 0.934. The molecule has 3 aromatic carbocycles. The third kappa shape index (κ3) is 5.11. The predicted octanol–water partition coefficient (Wildman–Crippen LogP) is 6.43. The normalized spacial score (nSPS) is 15.5. The monoisotopic (exact) mass is 647 g/mol. The first-order valence-electron chi connectivity index (χ1n) is 14.3. The highest BCUT2D eigenvalue weighted by Crippen LogP contribution is 2.50. The molecule has 238 valence electrons. The Kier molecular flexibility index (Phi) is 8.17. The number of alkyl halides is 1. The van der Waals surface area contributed by atoms with Gasteiger partial charge in [-0.2, -0.15) is 0 Å². The first kappa shape index (κ1) is 30.7. The van der Waals surface area contributed by atoms with Crippen LogP contribution in [0.1, 0.15) is 45.6 Å². The largest absolute Gasteiger partial charge is 0.493 e. The molecule has 46 heavy (non-hydrogen) atoms. The molecule has 2 N–H and O–H groups in total. The van der Waals surface area contributed by atoms with E-state index in [0.29, 0.717) is 51.8 Å². The molecule has 13 nitrogen and oxygen atoms in total. The Hall–Kier alpha value is -5.30. The van der Waals surface area contributed by atoms with Crippen molar-refractivity contribution < 1.29 is 33.5 Å². The third-order valence-corrected chi connectivity index (χ3v) is 8.77. The molecule has 1 aliphatic rings. The second-order valence-electron chi connectivity index (χ2n) is 10.9. The Morgan fingerprint density at radius 1 is 1.11 bits per heavy atom. The molecule has 5 aromatic rings. The fourth-order valence-electron chi connectivity index (χ4n) is 6.29. The maximum Gasteiger partial charge on any atom is 0.412 e. The van der Waals surface area contributed by atoms with Gasteiger partial charge in [-0.05, 0) is 57.0 Å². The van der Waals surface area contributed by atoms with E-state index in [1.165, 1.54) is 32.2 Å². The summed E-state index contributed by atoms with van der Waals surface area (Å²) in [6, 6.07) is 12.8. The van der Waals surface area contributed by atoms with Crippen molar-refractivity contribution >= 4 is 56.7 Å². The van der Waals surface area contributed by atoms with Crippen molar-refractivity contribution in [1.29, 1.82) is 0 Å². The number of aromatic amines is 1. The number of nitrogens with one attached hydrogen (secondary N) is 2. The molecule has 0 saturated carbocycles. The number of ether oxygens (including phenoxy) is 4. The number of aromatic nitrogens is 3. The van der Waals surface area contributed by atoms with Crippen LogP contribution in [0, 0.1) is 10.1 Å². The smallest absolute Gasteiger partial charge is 0.412 e. The van der Waals surface area contributed by atoms with Crippen molar-refractivity contribution in [2.75, 3.05) is 32.5 Å². The number of Topliss-reactive ketones (excluding diaryl/α,β-unsaturated/α-hetero) is 1. The molecule has 6 rings (SSSR count). The number of nitro groups is 1. The van der Waals surface area contributed by atoms with Crippen molar-refractivity contribution in [2.45, 2.75) is 24.9 Å². The van der Waals surface area contributed by atoms with Crippen LogP contribution in [0.3, 0.4) is 0 Å². The number of halogens is 1. The molecule has 1 amide bonds. The number of imidazole rings is 1. The van der Waals surface area contributed by atoms with Crippen LogP contribution < -0.4 is 19.5 Å². The van der Waals surface area contributed by atoms with Crippen LogP contribution in [0.5, 0.6) is 17.2 Å². The van der Waals surface area contributed by atoms with Crippen molar-refractivity contribution in [3.8, 4) is 17.2 Å². The highest BCUT2D eigenvalue weighted by molar-refractivity contribution is 6.19. The topological polar surface area (TPSA) is 160 Å². The minimum Gasteiger partial charge on any atom is -0.493 e. The summed E-state index contributed by atoms with van der Waals surface area (Å²) in [5.74, 6) is 0.350. The van der Waals surface area contributed by atoms with E-state index in [4.69, 9.17) is 30.5 Å². The van der Waals surface area contributed by atoms with E-state index in [0.717, 1.165) is 21.9 Å². The Morgan fingerprint density at radius 2 is 1.85 bits per heavy atom. The third-order valence-electron chi connectivity index (χ3n) is 8.40. The second kappa shape index (κ2) is 12.2. The quantitative estimate of drug-likeness (QED) is 0.0753. The number of fused-ring (bicyclic) bond motifs is 4. The summed E-state index contributed by atoms with van der Waals surface area (Å²) in [7, 11) is 6.13. The molecular weight excluding hydrogens is 618 g/mol. The van der Waals surface area contributed by atoms with Crippen LogP contribution in [0.25, 0.3) is 21.7 Å². The van der Waals surface area contributed by atoms with Gasteiger partial charge in [0.05, 0.1) is 38.2 Å². The summed E-state index contributed by atoms with van der Waals surface area (Å²) in [6.45, 7) is -0.365. The van der Waals surface area contributed by atoms with Crippen molar-refractivity contribution in [1.82, 2.24) is 14.5 Å². The van der Waals surface area contributed by atoms with E-state index in [9.17, 15) is 19.7 Å². The van der Waals surface area contributed by atoms with Crippen molar-refractivity contribution in [3.05, 3.63) is 81.4 Å². The van der Waals surface area contributed by atoms with E-state index >= 15 is 0 Å². The van der Waals surface area contributed by atoms with E-state index in [-0.39, 0.29) is 24.0 Å². The van der Waals surface area contributed by atoms with Crippen LogP contribution in [-0.4, -0.2) is 58.5 Å². The number of anilines is 1. The van der Waals surface area contributed by atoms with Gasteiger partial charge in [-0.15, -0.1) is 11.6 Å². The molecule has 14 heteroatoms. The Bertz CT molecular complexity index is 2020. The van der Waals surface area contributed by atoms with E-state index in [1.807, 2.05) is 24.3 Å². The van der Waals surface area contributed by atoms with E-state index < -0.39 is 22.8 Å². The van der Waals surface area contributed by atoms with Crippen molar-refractivity contribution in [2.24, 2.45) is 7.05 Å². The molecule has 2 atom stereocenters. The summed E-state index contributed by atoms with van der Waals surface area (Å²) in [5.41, 5.74) is 3.22. The van der Waals surface area contributed by atoms with Gasteiger partial charge in [0.15, 0.2) is 23.0 Å². The van der Waals surface area contributed by atoms with Crippen LogP contribution in [-0.2, 0) is 18.4 Å². The second-order valence-corrected chi connectivity index (χ2v) is 11.2. The lowest BCUT2D eigenvalue weighted by Gasteiger charge is -2.16. The number of hydrogen-bond donors (Lipinski definition) is 2. The Balaban J connectivity index is 1.37. The van der Waals surface area contributed by atoms with Crippen LogP contribution in [0.4, 0.5) is 16.3 Å². The minimum absolute atomic E-state index is 0.110. The van der Waals surface area contributed by atoms with Gasteiger partial charge in [0.1, 0.15) is 6.61 Å². The molecular formula is C32H30ClN5O8. The number of amides is 1. The summed E-state index contributed by atoms with van der Waals surface area (Å²) in [4.78, 5) is 44.9. The first-order valence-corrected chi connectivity index (χ1v) is 14.8. The van der Waals surface area contributed by atoms with Crippen LogP contribution >= 0.6 is 11.6 Å². The van der Waals surface area contributed by atoms with Crippen LogP contribution in [0.15, 0.2) is 48.8 Å². The molecule has 2 unspecified atom stereocenters. The summed E-state index contributed by atoms with van der Waals surface area (Å²) < 4.78 is 23.4. The van der Waals surface area contributed by atoms with Gasteiger partial charge < -0.3 is 38.6 Å². The van der Waals surface area contributed by atoms with Gasteiger partial charge >= 0.3 is 11.9 Å². The average molecular weight is 648 g/mol. The summed E-state index contributed by atoms with van der Waals surface area (Å²) in [5, 5.41) is 16.4. The summed E-state index contributed by atoms with van der Waals surface area (Å²) >= 11 is 6.48. The van der Waals surface area contributed by atoms with Gasteiger partial charge in [-0.1, -0.05) is 24.3 Å². The number of H-pyrrole nitrogens is 1. The average Bonchev–Trinajstić information content (AvgIpc) is 3.77. The lowest BCUT2D eigenvalue weighted by atomic mass is 9.91. The minimum atomic E-state index is -0.819. The number of ketones is 1. The Morgan fingerprint density at radius 3 is 2.52 bits per heavy atom. The fourth-order valence-corrected chi connectivity index (χ4v) is 6.57. The van der Waals surface area contributed by atoms with Gasteiger partial charge in [0.2, 0.25) is 12.1 Å². The number of nitrogens with zero attached hydrogens (tertiary/aromatic N) is 3. The van der Waals surface area contributed by atoms with Gasteiger partial charge in [0.25, 0.3) is 0 Å². The number of methoxy groups -OCH3 is 3. The Labute approximate surface area is 267 Å². The van der Waals surface area contributed by atoms with Gasteiger partial charge in [-0.3, -0.25) is 10.1 Å². The number of aryl methyl sites for hydroxylation is 1. The maximum absolute atomic E-state index is 14.2. The molecule has 0 aliphatic heterocycles. The highest BCUT2D eigenvalue weighted by atomic mass is 35.5. The number of carbonyl (C=O) groups is 2. The SMILES string of the molecule is COc1cc2cc(C(=O)C3CC(CCl)c4c3cc(NC(=O)OCc3c([N+](=O)[O-])ncn3C)c3ccccc43)[nH]c2c(OC)c1OC. The van der Waals surface area contributed by atoms with Gasteiger partial charge in [0, 0.05) is 29.6 Å². The highest BCUT2D eigenvalue weighted by Gasteiger charge is 2.38. The number of rotatable bonds is 10. The van der Waals surface area contributed by atoms with E-state index in [2.05, 4.69) is 15.3 Å². The lowest BCUT2D eigenvalue weighted by Crippen LogP contribution is -2.16. The molecule has 1 aliphatic carbocycles. The molecule has 0 spiro atoms. The van der Waals surface area contributed by atoms with Crippen LogP contribution in [0.2, 0.25) is 0 Å². The molecule has 0 fully saturated rings. The van der Waals surface area contributed by atoms with E-state index in [1.54, 1.807) is 25.2 Å². The van der Waals surface area contributed by atoms with Crippen molar-refractivity contribution in [3.63, 3.8) is 0 Å². The molecule has 0 bridgehead atoms. The van der Waals surface area contributed by atoms with Gasteiger partial charge in [-0.25, -0.2) is 4.79 Å². The fraction of sp³-hybridized carbons (Fsp3) is 0.281. The first-order chi connectivity index (χ1) is 22.2. The number of benzene rings is 3. The zero-order valence-electron chi connectivity index (χ0n) is 25.4.